The summed E-state index contributed by atoms with van der Waals surface area (Å²) < 4.78 is 22.0. The second kappa shape index (κ2) is 6.02. The van der Waals surface area contributed by atoms with Crippen LogP contribution in [-0.4, -0.2) is 6.79 Å². The summed E-state index contributed by atoms with van der Waals surface area (Å²) in [6.07, 6.45) is 0. The molecule has 0 amide bonds. The van der Waals surface area contributed by atoms with E-state index in [1.165, 1.54) is 6.07 Å². The summed E-state index contributed by atoms with van der Waals surface area (Å²) >= 11 is 2.14. The zero-order valence-electron chi connectivity index (χ0n) is 11.7. The summed E-state index contributed by atoms with van der Waals surface area (Å²) in [5.74, 6) is 2.50. The molecule has 0 radical (unpaired) electrons. The van der Waals surface area contributed by atoms with Crippen LogP contribution in [0.25, 0.3) is 22.3 Å². The quantitative estimate of drug-likeness (QED) is 0.443. The summed E-state index contributed by atoms with van der Waals surface area (Å²) in [4.78, 5) is 12.3. The van der Waals surface area contributed by atoms with Gasteiger partial charge >= 0.3 is 0 Å². The number of benzene rings is 2. The first-order chi connectivity index (χ1) is 11.2. The van der Waals surface area contributed by atoms with E-state index in [0.29, 0.717) is 40.4 Å². The van der Waals surface area contributed by atoms with E-state index >= 15 is 0 Å². The molecule has 4 rings (SSSR count). The Morgan fingerprint density at radius 1 is 1.04 bits per heavy atom. The van der Waals surface area contributed by atoms with E-state index in [4.69, 9.17) is 18.4 Å². The van der Waals surface area contributed by atoms with Gasteiger partial charge in [0.05, 0.1) is 5.39 Å². The van der Waals surface area contributed by atoms with Gasteiger partial charge in [-0.2, -0.15) is 0 Å². The maximum absolute atomic E-state index is 12.3. The number of fused-ring (bicyclic) bond motifs is 2. The standard InChI is InChI=1S/C16H10IO5P/c17-23-22-10-2-3-11-12(18)7-14(21-15(11)6-10)9-1-4-13-16(5-9)20-8-19-13/h1-7,23H,8H2. The highest BCUT2D eigenvalue weighted by molar-refractivity contribution is 14.2. The maximum Gasteiger partial charge on any atom is 0.231 e. The van der Waals surface area contributed by atoms with E-state index in [9.17, 15) is 4.79 Å². The second-order valence-electron chi connectivity index (χ2n) is 4.88. The van der Waals surface area contributed by atoms with Crippen molar-refractivity contribution in [3.8, 4) is 28.6 Å². The molecule has 1 aromatic heterocycles. The third kappa shape index (κ3) is 2.77. The first-order valence-corrected chi connectivity index (χ1v) is 10.8. The van der Waals surface area contributed by atoms with Crippen LogP contribution >= 0.6 is 28.5 Å². The molecule has 0 saturated carbocycles. The van der Waals surface area contributed by atoms with Crippen LogP contribution in [0, 0.1) is 0 Å². The lowest BCUT2D eigenvalue weighted by atomic mass is 10.1. The Hall–Kier alpha value is -1.79. The first-order valence-electron chi connectivity index (χ1n) is 6.75. The Morgan fingerprint density at radius 2 is 1.91 bits per heavy atom. The molecule has 116 valence electrons. The molecule has 0 saturated heterocycles. The molecule has 0 spiro atoms. The van der Waals surface area contributed by atoms with Crippen molar-refractivity contribution >= 4 is 39.5 Å². The van der Waals surface area contributed by atoms with Crippen LogP contribution in [0.2, 0.25) is 0 Å². The van der Waals surface area contributed by atoms with E-state index in [0.717, 1.165) is 5.56 Å². The first kappa shape index (κ1) is 14.8. The van der Waals surface area contributed by atoms with Gasteiger partial charge in [0.2, 0.25) is 6.79 Å². The fourth-order valence-electron chi connectivity index (χ4n) is 2.44. The van der Waals surface area contributed by atoms with Gasteiger partial charge in [0.15, 0.2) is 16.9 Å². The number of halogens is 1. The third-order valence-electron chi connectivity index (χ3n) is 3.51. The minimum Gasteiger partial charge on any atom is -0.467 e. The minimum atomic E-state index is -0.0950. The van der Waals surface area contributed by atoms with Crippen LogP contribution in [0.4, 0.5) is 0 Å². The van der Waals surface area contributed by atoms with E-state index in [1.807, 2.05) is 6.07 Å². The molecule has 2 heterocycles. The Labute approximate surface area is 145 Å². The molecule has 0 N–H and O–H groups in total. The van der Waals surface area contributed by atoms with Crippen molar-refractivity contribution in [2.45, 2.75) is 0 Å². The van der Waals surface area contributed by atoms with E-state index in [2.05, 4.69) is 22.0 Å². The van der Waals surface area contributed by atoms with Gasteiger partial charge < -0.3 is 18.4 Å². The monoisotopic (exact) mass is 440 g/mol. The fraction of sp³-hybridized carbons (Fsp3) is 0.0625. The maximum atomic E-state index is 12.3. The Kier molecular flexibility index (Phi) is 3.87. The van der Waals surface area contributed by atoms with Crippen LogP contribution in [0.5, 0.6) is 17.2 Å². The molecule has 7 heteroatoms. The van der Waals surface area contributed by atoms with Crippen molar-refractivity contribution in [1.82, 2.24) is 0 Å². The molecule has 0 aliphatic carbocycles. The Morgan fingerprint density at radius 3 is 2.78 bits per heavy atom. The summed E-state index contributed by atoms with van der Waals surface area (Å²) in [7, 11) is 0. The van der Waals surface area contributed by atoms with Gasteiger partial charge in [-0.1, -0.05) is 0 Å². The number of ether oxygens (including phenoxy) is 2. The van der Waals surface area contributed by atoms with Gasteiger partial charge in [0.1, 0.15) is 23.5 Å². The molecular weight excluding hydrogens is 430 g/mol. The lowest BCUT2D eigenvalue weighted by molar-refractivity contribution is 0.174. The second-order valence-corrected chi connectivity index (χ2v) is 6.56. The van der Waals surface area contributed by atoms with Gasteiger partial charge in [-0.05, 0) is 52.4 Å². The lowest BCUT2D eigenvalue weighted by Crippen LogP contribution is -2.00. The molecule has 2 aromatic carbocycles. The number of hydrogen-bond acceptors (Lipinski definition) is 5. The molecule has 1 unspecified atom stereocenters. The van der Waals surface area contributed by atoms with Gasteiger partial charge in [0.25, 0.3) is 0 Å². The molecule has 1 aliphatic rings. The van der Waals surface area contributed by atoms with E-state index < -0.39 is 0 Å². The van der Waals surface area contributed by atoms with Crippen molar-refractivity contribution in [3.63, 3.8) is 0 Å². The highest BCUT2D eigenvalue weighted by Crippen LogP contribution is 2.36. The highest BCUT2D eigenvalue weighted by Gasteiger charge is 2.15. The SMILES string of the molecule is O=c1cc(-c2ccc3c(c2)OCO3)oc2cc(OPI)ccc12. The zero-order valence-corrected chi connectivity index (χ0v) is 14.8. The summed E-state index contributed by atoms with van der Waals surface area (Å²) in [6.45, 7) is 0.504. The van der Waals surface area contributed by atoms with Crippen LogP contribution in [0.15, 0.2) is 51.7 Å². The van der Waals surface area contributed by atoms with E-state index in [-0.39, 0.29) is 12.2 Å². The lowest BCUT2D eigenvalue weighted by Gasteiger charge is -2.06. The predicted molar refractivity (Wildman–Crippen MR) is 97.0 cm³/mol. The number of hydrogen-bond donors (Lipinski definition) is 0. The zero-order chi connectivity index (χ0) is 15.8. The Balaban J connectivity index is 1.85. The highest BCUT2D eigenvalue weighted by atomic mass is 127. The predicted octanol–water partition coefficient (Wildman–Crippen LogP) is 4.51. The largest absolute Gasteiger partial charge is 0.467 e. The van der Waals surface area contributed by atoms with Crippen LogP contribution in [0.3, 0.4) is 0 Å². The summed E-state index contributed by atoms with van der Waals surface area (Å²) in [6, 6.07) is 12.2. The topological polar surface area (TPSA) is 57.9 Å². The normalized spacial score (nSPS) is 13.1. The van der Waals surface area contributed by atoms with Crippen molar-refractivity contribution in [3.05, 3.63) is 52.7 Å². The van der Waals surface area contributed by atoms with Crippen molar-refractivity contribution in [2.24, 2.45) is 0 Å². The van der Waals surface area contributed by atoms with Gasteiger partial charge in [0, 0.05) is 17.7 Å². The third-order valence-corrected chi connectivity index (χ3v) is 4.49. The van der Waals surface area contributed by atoms with Gasteiger partial charge in [-0.15, -0.1) is 0 Å². The molecule has 3 aromatic rings. The summed E-state index contributed by atoms with van der Waals surface area (Å²) in [5.41, 5.74) is 1.16. The van der Waals surface area contributed by atoms with Crippen molar-refractivity contribution in [1.29, 1.82) is 0 Å². The summed E-state index contributed by atoms with van der Waals surface area (Å²) in [5, 5.41) is 0.527. The smallest absolute Gasteiger partial charge is 0.231 e. The fourth-order valence-corrected chi connectivity index (χ4v) is 3.41. The van der Waals surface area contributed by atoms with Crippen molar-refractivity contribution in [2.75, 3.05) is 6.79 Å². The molecule has 1 atom stereocenters. The van der Waals surface area contributed by atoms with Crippen LogP contribution in [0.1, 0.15) is 0 Å². The molecule has 23 heavy (non-hydrogen) atoms. The molecule has 1 aliphatic heterocycles. The average molecular weight is 440 g/mol. The van der Waals surface area contributed by atoms with Crippen LogP contribution in [-0.2, 0) is 0 Å². The van der Waals surface area contributed by atoms with E-state index in [1.54, 1.807) is 30.3 Å². The minimum absolute atomic E-state index is 0.0950. The molecule has 0 fully saturated rings. The van der Waals surface area contributed by atoms with Gasteiger partial charge in [-0.25, -0.2) is 0 Å². The van der Waals surface area contributed by atoms with Gasteiger partial charge in [-0.3, -0.25) is 4.79 Å². The Bertz CT molecular complexity index is 953. The van der Waals surface area contributed by atoms with Crippen molar-refractivity contribution < 1.29 is 18.4 Å². The average Bonchev–Trinajstić information content (AvgIpc) is 3.02. The molecular formula is C16H10IO5P. The molecule has 5 nitrogen and oxygen atoms in total. The number of rotatable bonds is 3. The van der Waals surface area contributed by atoms with Crippen LogP contribution < -0.4 is 19.4 Å². The molecule has 0 bridgehead atoms.